The molecule has 1 atom stereocenters. The van der Waals surface area contributed by atoms with Crippen molar-refractivity contribution < 1.29 is 19.4 Å². The summed E-state index contributed by atoms with van der Waals surface area (Å²) in [6.07, 6.45) is 0. The van der Waals surface area contributed by atoms with E-state index in [0.29, 0.717) is 12.4 Å². The summed E-state index contributed by atoms with van der Waals surface area (Å²) in [5.74, 6) is -0.187. The minimum Gasteiger partial charge on any atom is -0.494 e. The second-order valence-electron chi connectivity index (χ2n) is 4.52. The molecule has 21 heavy (non-hydrogen) atoms. The predicted octanol–water partition coefficient (Wildman–Crippen LogP) is 3.33. The number of carbonyl (C=O) groups is 1. The molecule has 0 aromatic heterocycles. The molecule has 0 aliphatic carbocycles. The molecular weight excluding hydrogens is 268 g/mol. The molecule has 2 rings (SSSR count). The number of aliphatic carboxylic acids is 1. The Bertz CT molecular complexity index is 563. The third-order valence-corrected chi connectivity index (χ3v) is 3.05. The van der Waals surface area contributed by atoms with Crippen molar-refractivity contribution in [3.63, 3.8) is 0 Å². The number of benzene rings is 2. The molecule has 0 aliphatic heterocycles. The van der Waals surface area contributed by atoms with Crippen molar-refractivity contribution in [2.24, 2.45) is 0 Å². The minimum atomic E-state index is -0.896. The molecule has 0 saturated carbocycles. The van der Waals surface area contributed by atoms with Gasteiger partial charge in [-0.15, -0.1) is 0 Å². The average molecular weight is 286 g/mol. The van der Waals surface area contributed by atoms with Crippen LogP contribution in [-0.2, 0) is 4.79 Å². The molecule has 4 heteroatoms. The van der Waals surface area contributed by atoms with Crippen LogP contribution >= 0.6 is 0 Å². The van der Waals surface area contributed by atoms with Crippen LogP contribution < -0.4 is 9.47 Å². The molecule has 1 N–H and O–H groups in total. The van der Waals surface area contributed by atoms with Crippen LogP contribution in [0.4, 0.5) is 0 Å². The first kappa shape index (κ1) is 14.9. The largest absolute Gasteiger partial charge is 0.494 e. The van der Waals surface area contributed by atoms with Crippen LogP contribution in [0.25, 0.3) is 0 Å². The summed E-state index contributed by atoms with van der Waals surface area (Å²) in [7, 11) is 0. The third kappa shape index (κ3) is 4.24. The maximum absolute atomic E-state index is 11.4. The second-order valence-corrected chi connectivity index (χ2v) is 4.52. The predicted molar refractivity (Wildman–Crippen MR) is 79.9 cm³/mol. The van der Waals surface area contributed by atoms with Gasteiger partial charge in [-0.25, -0.2) is 0 Å². The van der Waals surface area contributed by atoms with E-state index in [9.17, 15) is 9.90 Å². The zero-order valence-corrected chi connectivity index (χ0v) is 11.9. The maximum Gasteiger partial charge on any atom is 0.314 e. The van der Waals surface area contributed by atoms with Gasteiger partial charge in [-0.1, -0.05) is 30.3 Å². The van der Waals surface area contributed by atoms with Crippen LogP contribution in [0.3, 0.4) is 0 Å². The summed E-state index contributed by atoms with van der Waals surface area (Å²) in [4.78, 5) is 11.4. The fourth-order valence-corrected chi connectivity index (χ4v) is 1.97. The van der Waals surface area contributed by atoms with Gasteiger partial charge in [0.1, 0.15) is 24.0 Å². The fraction of sp³-hybridized carbons (Fsp3) is 0.235. The molecule has 1 unspecified atom stereocenters. The summed E-state index contributed by atoms with van der Waals surface area (Å²) >= 11 is 0. The molecule has 2 aromatic rings. The molecule has 0 amide bonds. The monoisotopic (exact) mass is 286 g/mol. The van der Waals surface area contributed by atoms with E-state index in [1.54, 1.807) is 36.4 Å². The summed E-state index contributed by atoms with van der Waals surface area (Å²) in [6, 6.07) is 16.2. The normalized spacial score (nSPS) is 11.7. The Morgan fingerprint density at radius 2 is 1.57 bits per heavy atom. The van der Waals surface area contributed by atoms with Crippen LogP contribution in [0, 0.1) is 0 Å². The van der Waals surface area contributed by atoms with Crippen molar-refractivity contribution >= 4 is 5.97 Å². The van der Waals surface area contributed by atoms with Gasteiger partial charge in [-0.2, -0.15) is 0 Å². The molecule has 0 saturated heterocycles. The Balaban J connectivity index is 2.00. The first-order valence-corrected chi connectivity index (χ1v) is 6.84. The highest BCUT2D eigenvalue weighted by atomic mass is 16.5. The zero-order valence-electron chi connectivity index (χ0n) is 11.9. The molecule has 110 valence electrons. The van der Waals surface area contributed by atoms with E-state index < -0.39 is 11.9 Å². The van der Waals surface area contributed by atoms with Crippen molar-refractivity contribution in [2.45, 2.75) is 12.8 Å². The van der Waals surface area contributed by atoms with E-state index in [0.717, 1.165) is 11.3 Å². The lowest BCUT2D eigenvalue weighted by atomic mass is 10.0. The fourth-order valence-electron chi connectivity index (χ4n) is 1.97. The SMILES string of the molecule is CCOc1ccc(OCC(C(=O)O)c2ccccc2)cc1. The molecule has 2 aromatic carbocycles. The summed E-state index contributed by atoms with van der Waals surface area (Å²) in [6.45, 7) is 2.62. The van der Waals surface area contributed by atoms with Gasteiger partial charge in [0.25, 0.3) is 0 Å². The van der Waals surface area contributed by atoms with Gasteiger partial charge in [0, 0.05) is 0 Å². The van der Waals surface area contributed by atoms with E-state index in [1.165, 1.54) is 0 Å². The van der Waals surface area contributed by atoms with Crippen LogP contribution in [-0.4, -0.2) is 24.3 Å². The number of hydrogen-bond acceptors (Lipinski definition) is 3. The summed E-state index contributed by atoms with van der Waals surface area (Å²) in [5.41, 5.74) is 0.732. The third-order valence-electron chi connectivity index (χ3n) is 3.05. The summed E-state index contributed by atoms with van der Waals surface area (Å²) in [5, 5.41) is 9.32. The number of rotatable bonds is 7. The van der Waals surface area contributed by atoms with Crippen molar-refractivity contribution in [3.8, 4) is 11.5 Å². The lowest BCUT2D eigenvalue weighted by molar-refractivity contribution is -0.139. The van der Waals surface area contributed by atoms with Crippen molar-refractivity contribution in [1.29, 1.82) is 0 Å². The van der Waals surface area contributed by atoms with Crippen LogP contribution in [0.15, 0.2) is 54.6 Å². The number of hydrogen-bond donors (Lipinski definition) is 1. The van der Waals surface area contributed by atoms with Gasteiger partial charge in [0.15, 0.2) is 0 Å². The Labute approximate surface area is 123 Å². The van der Waals surface area contributed by atoms with E-state index in [2.05, 4.69) is 0 Å². The minimum absolute atomic E-state index is 0.0906. The van der Waals surface area contributed by atoms with E-state index >= 15 is 0 Å². The molecule has 0 radical (unpaired) electrons. The Kier molecular flexibility index (Phi) is 5.21. The number of carboxylic acid groups (broad SMARTS) is 1. The van der Waals surface area contributed by atoms with Crippen LogP contribution in [0.2, 0.25) is 0 Å². The van der Waals surface area contributed by atoms with E-state index in [4.69, 9.17) is 9.47 Å². The van der Waals surface area contributed by atoms with E-state index in [1.807, 2.05) is 25.1 Å². The first-order valence-electron chi connectivity index (χ1n) is 6.84. The highest BCUT2D eigenvalue weighted by molar-refractivity contribution is 5.76. The van der Waals surface area contributed by atoms with Gasteiger partial charge >= 0.3 is 5.97 Å². The molecule has 0 aliphatic rings. The topological polar surface area (TPSA) is 55.8 Å². The molecular formula is C17H18O4. The number of ether oxygens (including phenoxy) is 2. The van der Waals surface area contributed by atoms with Gasteiger partial charge in [0.2, 0.25) is 0 Å². The zero-order chi connectivity index (χ0) is 15.1. The van der Waals surface area contributed by atoms with E-state index in [-0.39, 0.29) is 6.61 Å². The standard InChI is InChI=1S/C17H18O4/c1-2-20-14-8-10-15(11-9-14)21-12-16(17(18)19)13-6-4-3-5-7-13/h3-11,16H,2,12H2,1H3,(H,18,19). The van der Waals surface area contributed by atoms with Crippen LogP contribution in [0.1, 0.15) is 18.4 Å². The smallest absolute Gasteiger partial charge is 0.314 e. The quantitative estimate of drug-likeness (QED) is 0.848. The highest BCUT2D eigenvalue weighted by Crippen LogP contribution is 2.21. The lowest BCUT2D eigenvalue weighted by Gasteiger charge is -2.14. The maximum atomic E-state index is 11.4. The first-order chi connectivity index (χ1) is 10.2. The van der Waals surface area contributed by atoms with Crippen molar-refractivity contribution in [3.05, 3.63) is 60.2 Å². The van der Waals surface area contributed by atoms with Gasteiger partial charge in [-0.3, -0.25) is 4.79 Å². The second kappa shape index (κ2) is 7.33. The molecule has 4 nitrogen and oxygen atoms in total. The van der Waals surface area contributed by atoms with Crippen LogP contribution in [0.5, 0.6) is 11.5 Å². The average Bonchev–Trinajstić information content (AvgIpc) is 2.50. The number of carboxylic acids is 1. The van der Waals surface area contributed by atoms with Gasteiger partial charge in [0.05, 0.1) is 6.61 Å². The van der Waals surface area contributed by atoms with Gasteiger partial charge < -0.3 is 14.6 Å². The van der Waals surface area contributed by atoms with Crippen molar-refractivity contribution in [2.75, 3.05) is 13.2 Å². The summed E-state index contributed by atoms with van der Waals surface area (Å²) < 4.78 is 10.9. The lowest BCUT2D eigenvalue weighted by Crippen LogP contribution is -2.19. The Hall–Kier alpha value is -2.49. The molecule has 0 bridgehead atoms. The van der Waals surface area contributed by atoms with Crippen molar-refractivity contribution in [1.82, 2.24) is 0 Å². The highest BCUT2D eigenvalue weighted by Gasteiger charge is 2.20. The Morgan fingerprint density at radius 3 is 2.10 bits per heavy atom. The molecule has 0 spiro atoms. The Morgan fingerprint density at radius 1 is 1.00 bits per heavy atom. The molecule has 0 heterocycles. The molecule has 0 fully saturated rings. The van der Waals surface area contributed by atoms with Gasteiger partial charge in [-0.05, 0) is 36.8 Å².